The molecule has 2 aliphatic rings. The molecule has 0 bridgehead atoms. The molecule has 9 nitrogen and oxygen atoms in total. The fraction of sp³-hybridized carbons (Fsp3) is 0.375. The van der Waals surface area contributed by atoms with Gasteiger partial charge in [0.05, 0.1) is 16.9 Å². The number of amides is 1. The Morgan fingerprint density at radius 3 is 2.51 bits per heavy atom. The van der Waals surface area contributed by atoms with Crippen LogP contribution in [0.15, 0.2) is 67.0 Å². The maximum Gasteiger partial charge on any atom is 0.258 e. The van der Waals surface area contributed by atoms with Crippen molar-refractivity contribution in [3.8, 4) is 22.5 Å². The number of hydrogen-bond acceptors (Lipinski definition) is 7. The number of aliphatic hydroxyl groups is 2. The van der Waals surface area contributed by atoms with Gasteiger partial charge in [-0.25, -0.2) is 18.7 Å². The van der Waals surface area contributed by atoms with Crippen LogP contribution < -0.4 is 10.6 Å². The molecule has 1 unspecified atom stereocenters. The van der Waals surface area contributed by atoms with Crippen molar-refractivity contribution in [3.05, 3.63) is 101 Å². The zero-order valence-electron chi connectivity index (χ0n) is 29.2. The van der Waals surface area contributed by atoms with Gasteiger partial charge in [-0.2, -0.15) is 0 Å². The lowest BCUT2D eigenvalue weighted by atomic mass is 9.65. The van der Waals surface area contributed by atoms with E-state index in [1.807, 2.05) is 6.07 Å². The largest absolute Gasteiger partial charge is 0.396 e. The predicted molar refractivity (Wildman–Crippen MR) is 194 cm³/mol. The van der Waals surface area contributed by atoms with Gasteiger partial charge in [-0.15, -0.1) is 0 Å². The van der Waals surface area contributed by atoms with Crippen LogP contribution in [0.2, 0.25) is 0 Å². The smallest absolute Gasteiger partial charge is 0.258 e. The monoisotopic (exact) mass is 694 g/mol. The number of nitrogens with one attached hydrogen (secondary N) is 3. The van der Waals surface area contributed by atoms with E-state index in [2.05, 4.69) is 54.8 Å². The summed E-state index contributed by atoms with van der Waals surface area (Å²) in [6.07, 6.45) is 4.78. The van der Waals surface area contributed by atoms with Crippen molar-refractivity contribution < 1.29 is 23.8 Å². The molecule has 266 valence electrons. The van der Waals surface area contributed by atoms with E-state index in [4.69, 9.17) is 0 Å². The molecular weight excluding hydrogens is 650 g/mol. The van der Waals surface area contributed by atoms with Crippen LogP contribution in [0.1, 0.15) is 60.2 Å². The summed E-state index contributed by atoms with van der Waals surface area (Å²) in [5, 5.41) is 27.0. The molecule has 7 rings (SSSR count). The Bertz CT molecular complexity index is 2070. The molecule has 2 saturated heterocycles. The van der Waals surface area contributed by atoms with E-state index in [-0.39, 0.29) is 23.3 Å². The highest BCUT2D eigenvalue weighted by atomic mass is 19.1. The molecule has 2 aromatic heterocycles. The third-order valence-electron chi connectivity index (χ3n) is 11.0. The number of aromatic amines is 1. The van der Waals surface area contributed by atoms with Gasteiger partial charge in [0.2, 0.25) is 0 Å². The van der Waals surface area contributed by atoms with Crippen molar-refractivity contribution in [1.82, 2.24) is 25.2 Å². The third kappa shape index (κ3) is 7.03. The van der Waals surface area contributed by atoms with Gasteiger partial charge in [0.15, 0.2) is 0 Å². The number of hydrogen-bond donors (Lipinski definition) is 5. The number of aromatic nitrogens is 3. The summed E-state index contributed by atoms with van der Waals surface area (Å²) in [7, 11) is 0. The van der Waals surface area contributed by atoms with Crippen molar-refractivity contribution in [3.63, 3.8) is 0 Å². The number of carbonyl (C=O) groups is 1. The maximum absolute atomic E-state index is 15.1. The number of aliphatic hydroxyl groups excluding tert-OH is 1. The molecular formula is C40H44F2N6O3. The summed E-state index contributed by atoms with van der Waals surface area (Å²) in [6, 6.07) is 16.9. The Balaban J connectivity index is 1.08. The Kier molecular flexibility index (Phi) is 9.49. The standard InChI is InChI=1S/C40H44F2N6O3/c1-24-31(17-29(41)18-34(24)47-38(50)30-9-8-27(16-33(30)42)39(2,3)51)36-32-19-35(46-37(32)45-23-44-36)26-6-4-25(5-7-26)21-48-14-11-40(12-15-48)10-13-43-20-28(40)22-49/h4-9,16-19,23,28,43,49,51H,10-15,20-22H2,1-3H3,(H,47,50)(H,44,45,46). The number of halogens is 2. The first-order valence-electron chi connectivity index (χ1n) is 17.6. The second-order valence-corrected chi connectivity index (χ2v) is 14.7. The Morgan fingerprint density at radius 2 is 1.80 bits per heavy atom. The molecule has 2 aliphatic heterocycles. The van der Waals surface area contributed by atoms with Crippen LogP contribution in [0.4, 0.5) is 14.5 Å². The molecule has 2 fully saturated rings. The van der Waals surface area contributed by atoms with Crippen molar-refractivity contribution >= 4 is 22.6 Å². The first-order chi connectivity index (χ1) is 24.4. The molecule has 11 heteroatoms. The predicted octanol–water partition coefficient (Wildman–Crippen LogP) is 6.54. The fourth-order valence-electron chi connectivity index (χ4n) is 7.79. The number of H-pyrrole nitrogens is 1. The maximum atomic E-state index is 15.1. The van der Waals surface area contributed by atoms with Crippen LogP contribution in [0.25, 0.3) is 33.5 Å². The summed E-state index contributed by atoms with van der Waals surface area (Å²) in [6.45, 7) is 9.92. The highest BCUT2D eigenvalue weighted by Crippen LogP contribution is 2.43. The van der Waals surface area contributed by atoms with Gasteiger partial charge in [0.1, 0.15) is 23.6 Å². The van der Waals surface area contributed by atoms with Gasteiger partial charge in [-0.05, 0) is 118 Å². The van der Waals surface area contributed by atoms with Crippen LogP contribution in [0, 0.1) is 29.9 Å². The van der Waals surface area contributed by atoms with Crippen molar-refractivity contribution in [1.29, 1.82) is 0 Å². The number of anilines is 1. The normalized spacial score (nSPS) is 18.0. The minimum Gasteiger partial charge on any atom is -0.396 e. The number of nitrogens with zero attached hydrogens (tertiary/aromatic N) is 3. The summed E-state index contributed by atoms with van der Waals surface area (Å²) in [4.78, 5) is 28.0. The molecule has 1 atom stereocenters. The first kappa shape index (κ1) is 34.9. The lowest BCUT2D eigenvalue weighted by Crippen LogP contribution is -2.52. The number of benzene rings is 3. The van der Waals surface area contributed by atoms with E-state index < -0.39 is 23.1 Å². The van der Waals surface area contributed by atoms with Crippen molar-refractivity contribution in [2.24, 2.45) is 11.3 Å². The number of carbonyl (C=O) groups excluding carboxylic acids is 1. The molecule has 4 heterocycles. The summed E-state index contributed by atoms with van der Waals surface area (Å²) in [5.41, 5.74) is 4.42. The quantitative estimate of drug-likeness (QED) is 0.125. The van der Waals surface area contributed by atoms with E-state index in [9.17, 15) is 19.4 Å². The number of piperidine rings is 2. The number of fused-ring (bicyclic) bond motifs is 1. The van der Waals surface area contributed by atoms with Crippen LogP contribution in [0.5, 0.6) is 0 Å². The van der Waals surface area contributed by atoms with Gasteiger partial charge < -0.3 is 25.8 Å². The minimum atomic E-state index is -1.27. The molecule has 3 aromatic carbocycles. The second-order valence-electron chi connectivity index (χ2n) is 14.7. The van der Waals surface area contributed by atoms with Gasteiger partial charge >= 0.3 is 0 Å². The van der Waals surface area contributed by atoms with Gasteiger partial charge in [0, 0.05) is 47.9 Å². The zero-order valence-corrected chi connectivity index (χ0v) is 29.2. The molecule has 0 saturated carbocycles. The van der Waals surface area contributed by atoms with E-state index in [1.54, 1.807) is 6.92 Å². The summed E-state index contributed by atoms with van der Waals surface area (Å²) < 4.78 is 30.0. The SMILES string of the molecule is Cc1c(NC(=O)c2ccc(C(C)(C)O)cc2F)cc(F)cc1-c1ncnc2[nH]c(-c3ccc(CN4CCC5(CCNCC5CO)CC4)cc3)cc12. The average Bonchev–Trinajstić information content (AvgIpc) is 3.56. The highest BCUT2D eigenvalue weighted by Gasteiger charge is 2.42. The first-order valence-corrected chi connectivity index (χ1v) is 17.6. The molecule has 5 N–H and O–H groups in total. The highest BCUT2D eigenvalue weighted by molar-refractivity contribution is 6.06. The lowest BCUT2D eigenvalue weighted by Gasteiger charge is -2.49. The third-order valence-corrected chi connectivity index (χ3v) is 11.0. The average molecular weight is 695 g/mol. The van der Waals surface area contributed by atoms with Crippen LogP contribution in [-0.4, -0.2) is 68.8 Å². The molecule has 51 heavy (non-hydrogen) atoms. The lowest BCUT2D eigenvalue weighted by molar-refractivity contribution is -0.00583. The van der Waals surface area contributed by atoms with E-state index in [0.717, 1.165) is 69.3 Å². The fourth-order valence-corrected chi connectivity index (χ4v) is 7.79. The molecule has 1 amide bonds. The minimum absolute atomic E-state index is 0.187. The van der Waals surface area contributed by atoms with Gasteiger partial charge in [0.25, 0.3) is 5.91 Å². The summed E-state index contributed by atoms with van der Waals surface area (Å²) in [5.74, 6) is -1.78. The molecule has 0 aliphatic carbocycles. The topological polar surface area (TPSA) is 126 Å². The van der Waals surface area contributed by atoms with Gasteiger partial charge in [-0.3, -0.25) is 9.69 Å². The van der Waals surface area contributed by atoms with Gasteiger partial charge in [-0.1, -0.05) is 30.3 Å². The number of rotatable bonds is 8. The van der Waals surface area contributed by atoms with Crippen molar-refractivity contribution in [2.45, 2.75) is 52.2 Å². The number of likely N-dealkylation sites (tertiary alicyclic amines) is 1. The van der Waals surface area contributed by atoms with E-state index >= 15 is 4.39 Å². The Labute approximate surface area is 296 Å². The zero-order chi connectivity index (χ0) is 35.9. The Morgan fingerprint density at radius 1 is 1.04 bits per heavy atom. The summed E-state index contributed by atoms with van der Waals surface area (Å²) >= 11 is 0. The van der Waals surface area contributed by atoms with E-state index in [0.29, 0.717) is 39.3 Å². The van der Waals surface area contributed by atoms with Crippen LogP contribution in [0.3, 0.4) is 0 Å². The van der Waals surface area contributed by atoms with Crippen LogP contribution >= 0.6 is 0 Å². The Hall–Kier alpha value is -4.55. The second kappa shape index (κ2) is 13.9. The molecule has 0 radical (unpaired) electrons. The van der Waals surface area contributed by atoms with Crippen LogP contribution in [-0.2, 0) is 12.1 Å². The van der Waals surface area contributed by atoms with Crippen molar-refractivity contribution in [2.75, 3.05) is 38.1 Å². The molecule has 1 spiro atoms. The van der Waals surface area contributed by atoms with E-state index in [1.165, 1.54) is 50.0 Å². The molecule has 5 aromatic rings.